The van der Waals surface area contributed by atoms with Crippen LogP contribution in [0, 0.1) is 0 Å². The molecule has 1 unspecified atom stereocenters. The van der Waals surface area contributed by atoms with Gasteiger partial charge in [-0.3, -0.25) is 0 Å². The molecule has 76 valence electrons. The maximum Gasteiger partial charge on any atom is 0.0849 e. The monoisotopic (exact) mass is 180 g/mol. The highest BCUT2D eigenvalue weighted by Gasteiger charge is 2.15. The molecule has 0 heterocycles. The summed E-state index contributed by atoms with van der Waals surface area (Å²) in [6.45, 7) is 3.86. The molecule has 0 fully saturated rings. The van der Waals surface area contributed by atoms with Crippen LogP contribution in [0.1, 0.15) is 20.3 Å². The lowest BCUT2D eigenvalue weighted by atomic mass is 10.1. The predicted molar refractivity (Wildman–Crippen MR) is 47.0 cm³/mol. The summed E-state index contributed by atoms with van der Waals surface area (Å²) < 4.78 is 4.75. The smallest absolute Gasteiger partial charge is 0.0849 e. The first kappa shape index (κ1) is 14.4. The summed E-state index contributed by atoms with van der Waals surface area (Å²) in [5.41, 5.74) is -0.630. The van der Waals surface area contributed by atoms with Crippen molar-refractivity contribution in [1.29, 1.82) is 0 Å². The Kier molecular flexibility index (Phi) is 10.7. The van der Waals surface area contributed by atoms with Crippen LogP contribution < -0.4 is 0 Å². The maximum absolute atomic E-state index is 9.20. The van der Waals surface area contributed by atoms with Crippen molar-refractivity contribution in [3.63, 3.8) is 0 Å². The maximum atomic E-state index is 9.20. The lowest BCUT2D eigenvalue weighted by Gasteiger charge is -2.18. The molecule has 0 aromatic rings. The molecule has 0 aromatic heterocycles. The van der Waals surface area contributed by atoms with E-state index in [2.05, 4.69) is 0 Å². The van der Waals surface area contributed by atoms with Crippen LogP contribution in [-0.2, 0) is 4.74 Å². The van der Waals surface area contributed by atoms with Crippen molar-refractivity contribution >= 4 is 0 Å². The minimum absolute atomic E-state index is 0.125. The molecule has 4 nitrogen and oxygen atoms in total. The summed E-state index contributed by atoms with van der Waals surface area (Å²) in [5.74, 6) is 0. The molecule has 0 rings (SSSR count). The number of aliphatic hydroxyl groups excluding tert-OH is 2. The second-order valence-corrected chi connectivity index (χ2v) is 2.73. The Balaban J connectivity index is 0. The second-order valence-electron chi connectivity index (χ2n) is 2.73. The first-order chi connectivity index (χ1) is 5.54. The van der Waals surface area contributed by atoms with E-state index >= 15 is 0 Å². The van der Waals surface area contributed by atoms with E-state index in [1.165, 1.54) is 0 Å². The van der Waals surface area contributed by atoms with Gasteiger partial charge < -0.3 is 20.1 Å². The zero-order valence-electron chi connectivity index (χ0n) is 8.08. The molecule has 1 atom stereocenters. The van der Waals surface area contributed by atoms with E-state index in [1.54, 1.807) is 14.0 Å². The van der Waals surface area contributed by atoms with Gasteiger partial charge in [0, 0.05) is 7.11 Å². The van der Waals surface area contributed by atoms with Crippen LogP contribution in [0.25, 0.3) is 0 Å². The summed E-state index contributed by atoms with van der Waals surface area (Å²) in [4.78, 5) is 0. The largest absolute Gasteiger partial charge is 0.394 e. The van der Waals surface area contributed by atoms with Crippen LogP contribution in [0.3, 0.4) is 0 Å². The highest BCUT2D eigenvalue weighted by molar-refractivity contribution is 4.67. The van der Waals surface area contributed by atoms with E-state index in [0.717, 1.165) is 6.42 Å². The molecular formula is C8H20O4. The van der Waals surface area contributed by atoms with Gasteiger partial charge in [0.25, 0.3) is 0 Å². The van der Waals surface area contributed by atoms with Crippen LogP contribution in [0.2, 0.25) is 0 Å². The van der Waals surface area contributed by atoms with Crippen molar-refractivity contribution in [2.24, 2.45) is 0 Å². The Labute approximate surface area is 73.8 Å². The van der Waals surface area contributed by atoms with Crippen LogP contribution in [0.5, 0.6) is 0 Å². The van der Waals surface area contributed by atoms with Crippen LogP contribution in [0.15, 0.2) is 0 Å². The van der Waals surface area contributed by atoms with Gasteiger partial charge in [-0.15, -0.1) is 0 Å². The fraction of sp³-hybridized carbons (Fsp3) is 1.00. The standard InChI is InChI=1S/C6H14O2.C2H6O2/c1-4-6(2,7)5-8-3;3-1-2-4/h7H,4-5H2,1-3H3;3-4H,1-2H2. The molecule has 4 heteroatoms. The van der Waals surface area contributed by atoms with Gasteiger partial charge in [0.05, 0.1) is 25.4 Å². The SMILES string of the molecule is CCC(C)(O)COC.OCCO. The van der Waals surface area contributed by atoms with Crippen molar-refractivity contribution < 1.29 is 20.1 Å². The summed E-state index contributed by atoms with van der Waals surface area (Å²) >= 11 is 0. The zero-order valence-corrected chi connectivity index (χ0v) is 8.08. The molecule has 0 aliphatic carbocycles. The molecule has 12 heavy (non-hydrogen) atoms. The molecule has 0 saturated heterocycles. The summed E-state index contributed by atoms with van der Waals surface area (Å²) in [6, 6.07) is 0. The lowest BCUT2D eigenvalue weighted by molar-refractivity contribution is -0.0191. The molecular weight excluding hydrogens is 160 g/mol. The average molecular weight is 180 g/mol. The highest BCUT2D eigenvalue weighted by Crippen LogP contribution is 2.06. The van der Waals surface area contributed by atoms with E-state index in [9.17, 15) is 5.11 Å². The van der Waals surface area contributed by atoms with Gasteiger partial charge in [-0.05, 0) is 13.3 Å². The number of methoxy groups -OCH3 is 1. The van der Waals surface area contributed by atoms with Gasteiger partial charge in [0.2, 0.25) is 0 Å². The average Bonchev–Trinajstić information content (AvgIpc) is 2.05. The third kappa shape index (κ3) is 12.5. The molecule has 0 saturated carbocycles. The number of rotatable bonds is 4. The number of hydrogen-bond donors (Lipinski definition) is 3. The van der Waals surface area contributed by atoms with Crippen molar-refractivity contribution in [2.75, 3.05) is 26.9 Å². The molecule has 0 aromatic carbocycles. The van der Waals surface area contributed by atoms with Crippen molar-refractivity contribution in [3.8, 4) is 0 Å². The predicted octanol–water partition coefficient (Wildman–Crippen LogP) is -0.235. The fourth-order valence-electron chi connectivity index (χ4n) is 0.413. The van der Waals surface area contributed by atoms with E-state index in [0.29, 0.717) is 6.61 Å². The van der Waals surface area contributed by atoms with Gasteiger partial charge >= 0.3 is 0 Å². The van der Waals surface area contributed by atoms with Gasteiger partial charge in [-0.25, -0.2) is 0 Å². The first-order valence-electron chi connectivity index (χ1n) is 3.97. The topological polar surface area (TPSA) is 69.9 Å². The Morgan fingerprint density at radius 1 is 1.25 bits per heavy atom. The summed E-state index contributed by atoms with van der Waals surface area (Å²) in [7, 11) is 1.59. The summed E-state index contributed by atoms with van der Waals surface area (Å²) in [6.07, 6.45) is 0.737. The van der Waals surface area contributed by atoms with E-state index in [-0.39, 0.29) is 13.2 Å². The molecule has 0 spiro atoms. The Hall–Kier alpha value is -0.160. The minimum Gasteiger partial charge on any atom is -0.394 e. The molecule has 0 aliphatic rings. The molecule has 0 radical (unpaired) electrons. The van der Waals surface area contributed by atoms with E-state index in [1.807, 2.05) is 6.92 Å². The van der Waals surface area contributed by atoms with Crippen molar-refractivity contribution in [2.45, 2.75) is 25.9 Å². The van der Waals surface area contributed by atoms with E-state index < -0.39 is 5.60 Å². The quantitative estimate of drug-likeness (QED) is 0.558. The highest BCUT2D eigenvalue weighted by atomic mass is 16.5. The first-order valence-corrected chi connectivity index (χ1v) is 3.97. The Morgan fingerprint density at radius 3 is 1.75 bits per heavy atom. The van der Waals surface area contributed by atoms with Gasteiger partial charge in [-0.1, -0.05) is 6.92 Å². The van der Waals surface area contributed by atoms with Crippen molar-refractivity contribution in [1.82, 2.24) is 0 Å². The fourth-order valence-corrected chi connectivity index (χ4v) is 0.413. The van der Waals surface area contributed by atoms with Crippen LogP contribution in [0.4, 0.5) is 0 Å². The lowest BCUT2D eigenvalue weighted by Crippen LogP contribution is -2.28. The minimum atomic E-state index is -0.630. The third-order valence-corrected chi connectivity index (χ3v) is 1.32. The van der Waals surface area contributed by atoms with E-state index in [4.69, 9.17) is 14.9 Å². The Bertz CT molecular complexity index is 81.1. The number of aliphatic hydroxyl groups is 3. The molecule has 0 aliphatic heterocycles. The van der Waals surface area contributed by atoms with Gasteiger partial charge in [-0.2, -0.15) is 0 Å². The van der Waals surface area contributed by atoms with Crippen molar-refractivity contribution in [3.05, 3.63) is 0 Å². The molecule has 0 bridgehead atoms. The molecule has 0 amide bonds. The summed E-state index contributed by atoms with van der Waals surface area (Å²) in [5, 5.41) is 24.4. The zero-order chi connectivity index (χ0) is 10.0. The van der Waals surface area contributed by atoms with Gasteiger partial charge in [0.15, 0.2) is 0 Å². The van der Waals surface area contributed by atoms with Gasteiger partial charge in [0.1, 0.15) is 0 Å². The van der Waals surface area contributed by atoms with Crippen LogP contribution >= 0.6 is 0 Å². The molecule has 3 N–H and O–H groups in total. The number of hydrogen-bond acceptors (Lipinski definition) is 4. The third-order valence-electron chi connectivity index (χ3n) is 1.32. The Morgan fingerprint density at radius 2 is 1.67 bits per heavy atom. The normalized spacial score (nSPS) is 14.5. The van der Waals surface area contributed by atoms with Crippen LogP contribution in [-0.4, -0.2) is 47.9 Å². The second kappa shape index (κ2) is 8.93. The number of ether oxygens (including phenoxy) is 1.